The molecule has 0 bridgehead atoms. The van der Waals surface area contributed by atoms with Gasteiger partial charge in [-0.1, -0.05) is 11.6 Å². The summed E-state index contributed by atoms with van der Waals surface area (Å²) in [6.45, 7) is 0.302. The Morgan fingerprint density at radius 2 is 2.24 bits per heavy atom. The van der Waals surface area contributed by atoms with Crippen LogP contribution in [0.3, 0.4) is 0 Å². The Morgan fingerprint density at radius 3 is 2.86 bits per heavy atom. The SMILES string of the molecule is NCc1cc(S(=O)(=O)Nc2ncccc2Cl)cn1C1CC1. The number of anilines is 1. The first-order valence-electron chi connectivity index (χ1n) is 6.55. The molecule has 8 heteroatoms. The minimum Gasteiger partial charge on any atom is -0.346 e. The number of halogens is 1. The maximum atomic E-state index is 12.4. The molecule has 1 saturated carbocycles. The normalized spacial score (nSPS) is 15.1. The molecule has 112 valence electrons. The van der Waals surface area contributed by atoms with Crippen molar-refractivity contribution in [3.05, 3.63) is 41.3 Å². The quantitative estimate of drug-likeness (QED) is 0.880. The summed E-state index contributed by atoms with van der Waals surface area (Å²) in [5.41, 5.74) is 6.49. The van der Waals surface area contributed by atoms with Crippen molar-refractivity contribution in [2.24, 2.45) is 5.73 Å². The Hall–Kier alpha value is -1.57. The third kappa shape index (κ3) is 2.90. The molecular weight excluding hydrogens is 312 g/mol. The van der Waals surface area contributed by atoms with Crippen molar-refractivity contribution >= 4 is 27.4 Å². The molecule has 2 aromatic rings. The van der Waals surface area contributed by atoms with Crippen molar-refractivity contribution in [1.82, 2.24) is 9.55 Å². The van der Waals surface area contributed by atoms with E-state index < -0.39 is 10.0 Å². The van der Waals surface area contributed by atoms with Gasteiger partial charge in [-0.05, 0) is 31.0 Å². The van der Waals surface area contributed by atoms with E-state index in [9.17, 15) is 8.42 Å². The highest BCUT2D eigenvalue weighted by Crippen LogP contribution is 2.37. The summed E-state index contributed by atoms with van der Waals surface area (Å²) in [4.78, 5) is 4.11. The molecule has 0 atom stereocenters. The van der Waals surface area contributed by atoms with E-state index in [0.29, 0.717) is 12.6 Å². The lowest BCUT2D eigenvalue weighted by Gasteiger charge is -2.06. The van der Waals surface area contributed by atoms with Gasteiger partial charge in [-0.3, -0.25) is 4.72 Å². The van der Waals surface area contributed by atoms with E-state index in [2.05, 4.69) is 9.71 Å². The number of nitrogens with two attached hydrogens (primary N) is 1. The van der Waals surface area contributed by atoms with E-state index in [1.54, 1.807) is 24.4 Å². The van der Waals surface area contributed by atoms with Crippen LogP contribution in [0.5, 0.6) is 0 Å². The van der Waals surface area contributed by atoms with Crippen LogP contribution in [-0.2, 0) is 16.6 Å². The number of hydrogen-bond donors (Lipinski definition) is 2. The molecule has 6 nitrogen and oxygen atoms in total. The lowest BCUT2D eigenvalue weighted by molar-refractivity contribution is 0.600. The number of rotatable bonds is 5. The van der Waals surface area contributed by atoms with Gasteiger partial charge in [0.1, 0.15) is 4.90 Å². The zero-order chi connectivity index (χ0) is 15.0. The molecule has 0 radical (unpaired) electrons. The van der Waals surface area contributed by atoms with Crippen LogP contribution in [0.25, 0.3) is 0 Å². The Kier molecular flexibility index (Phi) is 3.64. The molecule has 0 aromatic carbocycles. The van der Waals surface area contributed by atoms with Gasteiger partial charge in [0.2, 0.25) is 0 Å². The van der Waals surface area contributed by atoms with Crippen molar-refractivity contribution < 1.29 is 8.42 Å². The second-order valence-electron chi connectivity index (χ2n) is 4.95. The van der Waals surface area contributed by atoms with Gasteiger partial charge < -0.3 is 10.3 Å². The largest absolute Gasteiger partial charge is 0.346 e. The summed E-state index contributed by atoms with van der Waals surface area (Å²) < 4.78 is 29.2. The Balaban J connectivity index is 1.93. The fourth-order valence-electron chi connectivity index (χ4n) is 2.15. The monoisotopic (exact) mass is 326 g/mol. The van der Waals surface area contributed by atoms with Crippen molar-refractivity contribution in [2.75, 3.05) is 4.72 Å². The molecule has 1 fully saturated rings. The van der Waals surface area contributed by atoms with Crippen LogP contribution in [0.2, 0.25) is 5.02 Å². The van der Waals surface area contributed by atoms with Crippen LogP contribution in [0.1, 0.15) is 24.6 Å². The molecule has 3 rings (SSSR count). The maximum absolute atomic E-state index is 12.4. The smallest absolute Gasteiger partial charge is 0.264 e. The Morgan fingerprint density at radius 1 is 1.48 bits per heavy atom. The second-order valence-corrected chi connectivity index (χ2v) is 7.04. The summed E-state index contributed by atoms with van der Waals surface area (Å²) in [6, 6.07) is 5.17. The van der Waals surface area contributed by atoms with Crippen LogP contribution in [0, 0.1) is 0 Å². The zero-order valence-corrected chi connectivity index (χ0v) is 12.7. The number of nitrogens with zero attached hydrogens (tertiary/aromatic N) is 2. The van der Waals surface area contributed by atoms with E-state index in [0.717, 1.165) is 18.5 Å². The predicted molar refractivity (Wildman–Crippen MR) is 80.6 cm³/mol. The van der Waals surface area contributed by atoms with Gasteiger partial charge in [-0.2, -0.15) is 0 Å². The molecule has 0 unspecified atom stereocenters. The van der Waals surface area contributed by atoms with Crippen molar-refractivity contribution in [2.45, 2.75) is 30.3 Å². The van der Waals surface area contributed by atoms with Gasteiger partial charge in [0.25, 0.3) is 10.0 Å². The van der Waals surface area contributed by atoms with Crippen LogP contribution >= 0.6 is 11.6 Å². The number of hydrogen-bond acceptors (Lipinski definition) is 4. The highest BCUT2D eigenvalue weighted by atomic mass is 35.5. The standard InChI is InChI=1S/C13H15ClN4O2S/c14-12-2-1-5-16-13(12)17-21(19,20)11-6-10(7-15)18(8-11)9-3-4-9/h1-2,5-6,8-9H,3-4,7,15H2,(H,16,17). The number of nitrogens with one attached hydrogen (secondary N) is 1. The highest BCUT2D eigenvalue weighted by Gasteiger charge is 2.28. The van der Waals surface area contributed by atoms with E-state index in [-0.39, 0.29) is 15.7 Å². The van der Waals surface area contributed by atoms with Gasteiger partial charge in [0, 0.05) is 30.7 Å². The first-order chi connectivity index (χ1) is 10.0. The van der Waals surface area contributed by atoms with Crippen molar-refractivity contribution in [3.8, 4) is 0 Å². The van der Waals surface area contributed by atoms with Gasteiger partial charge >= 0.3 is 0 Å². The lowest BCUT2D eigenvalue weighted by atomic mass is 10.4. The zero-order valence-electron chi connectivity index (χ0n) is 11.2. The fraction of sp³-hybridized carbons (Fsp3) is 0.308. The van der Waals surface area contributed by atoms with E-state index in [1.807, 2.05) is 4.57 Å². The molecule has 0 saturated heterocycles. The summed E-state index contributed by atoms with van der Waals surface area (Å²) in [6.07, 6.45) is 5.21. The van der Waals surface area contributed by atoms with Crippen LogP contribution in [0.4, 0.5) is 5.82 Å². The molecule has 0 amide bonds. The average molecular weight is 327 g/mol. The topological polar surface area (TPSA) is 90.0 Å². The molecule has 0 spiro atoms. The van der Waals surface area contributed by atoms with Crippen LogP contribution in [-0.4, -0.2) is 18.0 Å². The summed E-state index contributed by atoms with van der Waals surface area (Å²) in [7, 11) is -3.73. The third-order valence-corrected chi connectivity index (χ3v) is 4.97. The average Bonchev–Trinajstić information content (AvgIpc) is 3.19. The highest BCUT2D eigenvalue weighted by molar-refractivity contribution is 7.92. The Bertz CT molecular complexity index is 768. The van der Waals surface area contributed by atoms with E-state index in [1.165, 1.54) is 6.20 Å². The number of sulfonamides is 1. The van der Waals surface area contributed by atoms with Gasteiger partial charge in [0.15, 0.2) is 5.82 Å². The van der Waals surface area contributed by atoms with Gasteiger partial charge in [-0.25, -0.2) is 13.4 Å². The number of aromatic nitrogens is 2. The third-order valence-electron chi connectivity index (χ3n) is 3.36. The van der Waals surface area contributed by atoms with Crippen molar-refractivity contribution in [1.29, 1.82) is 0 Å². The van der Waals surface area contributed by atoms with Crippen LogP contribution in [0.15, 0.2) is 35.5 Å². The van der Waals surface area contributed by atoms with Gasteiger partial charge in [0.05, 0.1) is 5.02 Å². The fourth-order valence-corrected chi connectivity index (χ4v) is 3.45. The maximum Gasteiger partial charge on any atom is 0.264 e. The van der Waals surface area contributed by atoms with E-state index in [4.69, 9.17) is 17.3 Å². The molecule has 1 aliphatic rings. The number of pyridine rings is 1. The molecular formula is C13H15ClN4O2S. The first kappa shape index (κ1) is 14.4. The summed E-state index contributed by atoms with van der Waals surface area (Å²) in [5, 5.41) is 0.252. The predicted octanol–water partition coefficient (Wildman–Crippen LogP) is 2.13. The van der Waals surface area contributed by atoms with E-state index >= 15 is 0 Å². The summed E-state index contributed by atoms with van der Waals surface area (Å²) in [5.74, 6) is 0.118. The van der Waals surface area contributed by atoms with Gasteiger partial charge in [-0.15, -0.1) is 0 Å². The molecule has 3 N–H and O–H groups in total. The minimum absolute atomic E-state index is 0.118. The second kappa shape index (κ2) is 5.32. The first-order valence-corrected chi connectivity index (χ1v) is 8.41. The minimum atomic E-state index is -3.73. The molecule has 2 aromatic heterocycles. The Labute approximate surface area is 128 Å². The molecule has 21 heavy (non-hydrogen) atoms. The van der Waals surface area contributed by atoms with Crippen molar-refractivity contribution in [3.63, 3.8) is 0 Å². The van der Waals surface area contributed by atoms with Crippen LogP contribution < -0.4 is 10.5 Å². The lowest BCUT2D eigenvalue weighted by Crippen LogP contribution is -2.13. The summed E-state index contributed by atoms with van der Waals surface area (Å²) >= 11 is 5.93. The molecule has 0 aliphatic heterocycles. The molecule has 1 aliphatic carbocycles. The molecule has 2 heterocycles.